The second-order valence-electron chi connectivity index (χ2n) is 11.5. The number of anilines is 1. The molecule has 186 valence electrons. The first kappa shape index (κ1) is 22.0. The fraction of sp³-hybridized carbons (Fsp3) is 0.483. The minimum Gasteiger partial charge on any atom is -0.366 e. The summed E-state index contributed by atoms with van der Waals surface area (Å²) in [5.41, 5.74) is 3.72. The lowest BCUT2D eigenvalue weighted by Crippen LogP contribution is -2.49. The zero-order chi connectivity index (χ0) is 24.3. The average Bonchev–Trinajstić information content (AvgIpc) is 3.39. The van der Waals surface area contributed by atoms with E-state index in [9.17, 15) is 9.18 Å². The molecule has 2 aromatic carbocycles. The largest absolute Gasteiger partial charge is 0.366 e. The maximum absolute atomic E-state index is 14.2. The third-order valence-electron chi connectivity index (χ3n) is 9.25. The number of hydrogen-bond donors (Lipinski definition) is 0. The van der Waals surface area contributed by atoms with E-state index in [4.69, 9.17) is 0 Å². The Morgan fingerprint density at radius 1 is 0.861 bits per heavy atom. The van der Waals surface area contributed by atoms with E-state index in [1.54, 1.807) is 12.1 Å². The van der Waals surface area contributed by atoms with Gasteiger partial charge >= 0.3 is 0 Å². The minimum atomic E-state index is -0.214. The third-order valence-corrected chi connectivity index (χ3v) is 9.25. The SMILES string of the molecule is O=C(c1ccc(-n2nncc2C23CC4CC(CC(C4)C2)C3)cc1)N1CCN(c2ccccc2F)CC1. The van der Waals surface area contributed by atoms with E-state index in [1.165, 1.54) is 50.3 Å². The number of nitrogens with zero attached hydrogens (tertiary/aromatic N) is 5. The number of carbonyl (C=O) groups excluding carboxylic acids is 1. The maximum Gasteiger partial charge on any atom is 0.253 e. The van der Waals surface area contributed by atoms with Gasteiger partial charge < -0.3 is 9.80 Å². The highest BCUT2D eigenvalue weighted by Crippen LogP contribution is 2.60. The van der Waals surface area contributed by atoms with E-state index < -0.39 is 0 Å². The van der Waals surface area contributed by atoms with Gasteiger partial charge in [-0.3, -0.25) is 4.79 Å². The fourth-order valence-corrected chi connectivity index (χ4v) is 8.00. The Hall–Kier alpha value is -3.22. The standard InChI is InChI=1S/C29H32FN5O/c30-25-3-1-2-4-26(25)33-9-11-34(12-10-33)28(36)23-5-7-24(8-6-23)35-27(19-31-32-35)29-16-20-13-21(17-29)15-22(14-20)18-29/h1-8,19-22H,9-18H2. The second kappa shape index (κ2) is 8.43. The monoisotopic (exact) mass is 485 g/mol. The van der Waals surface area contributed by atoms with E-state index >= 15 is 0 Å². The molecule has 1 aliphatic heterocycles. The van der Waals surface area contributed by atoms with Crippen molar-refractivity contribution in [3.05, 3.63) is 71.8 Å². The lowest BCUT2D eigenvalue weighted by molar-refractivity contribution is -0.00828. The highest BCUT2D eigenvalue weighted by atomic mass is 19.1. The summed E-state index contributed by atoms with van der Waals surface area (Å²) in [5.74, 6) is 2.39. The van der Waals surface area contributed by atoms with E-state index in [-0.39, 0.29) is 17.1 Å². The van der Waals surface area contributed by atoms with Gasteiger partial charge in [0.05, 0.1) is 23.3 Å². The highest BCUT2D eigenvalue weighted by Gasteiger charge is 2.53. The fourth-order valence-electron chi connectivity index (χ4n) is 8.00. The van der Waals surface area contributed by atoms with Gasteiger partial charge in [0.1, 0.15) is 5.82 Å². The van der Waals surface area contributed by atoms with Gasteiger partial charge in [-0.05, 0) is 92.7 Å². The van der Waals surface area contributed by atoms with E-state index in [0.717, 1.165) is 23.4 Å². The van der Waals surface area contributed by atoms with Crippen molar-refractivity contribution in [2.24, 2.45) is 17.8 Å². The highest BCUT2D eigenvalue weighted by molar-refractivity contribution is 5.94. The molecule has 2 heterocycles. The minimum absolute atomic E-state index is 0.0228. The number of piperazine rings is 1. The number of carbonyl (C=O) groups is 1. The molecule has 0 spiro atoms. The lowest BCUT2D eigenvalue weighted by atomic mass is 9.49. The molecule has 0 radical (unpaired) electrons. The summed E-state index contributed by atoms with van der Waals surface area (Å²) in [7, 11) is 0. The van der Waals surface area contributed by atoms with Crippen molar-refractivity contribution in [3.63, 3.8) is 0 Å². The Balaban J connectivity index is 1.06. The molecule has 1 aromatic heterocycles. The molecule has 0 unspecified atom stereocenters. The van der Waals surface area contributed by atoms with Crippen LogP contribution < -0.4 is 4.90 Å². The van der Waals surface area contributed by atoms with E-state index in [1.807, 2.05) is 51.0 Å². The molecule has 36 heavy (non-hydrogen) atoms. The van der Waals surface area contributed by atoms with Crippen LogP contribution in [-0.4, -0.2) is 52.0 Å². The topological polar surface area (TPSA) is 54.3 Å². The first-order chi connectivity index (χ1) is 17.6. The number of hydrogen-bond acceptors (Lipinski definition) is 4. The van der Waals surface area contributed by atoms with Crippen LogP contribution in [0.4, 0.5) is 10.1 Å². The van der Waals surface area contributed by atoms with Crippen LogP contribution in [0.5, 0.6) is 0 Å². The van der Waals surface area contributed by atoms with Crippen LogP contribution in [0.1, 0.15) is 54.6 Å². The number of rotatable bonds is 4. The predicted octanol–water partition coefficient (Wildman–Crippen LogP) is 4.84. The molecule has 6 nitrogen and oxygen atoms in total. The lowest BCUT2D eigenvalue weighted by Gasteiger charge is -2.56. The Morgan fingerprint density at radius 3 is 2.14 bits per heavy atom. The average molecular weight is 486 g/mol. The van der Waals surface area contributed by atoms with Gasteiger partial charge in [0.2, 0.25) is 0 Å². The van der Waals surface area contributed by atoms with Crippen LogP contribution in [0.2, 0.25) is 0 Å². The maximum atomic E-state index is 14.2. The van der Waals surface area contributed by atoms with Crippen molar-refractivity contribution in [1.29, 1.82) is 0 Å². The number of aromatic nitrogens is 3. The van der Waals surface area contributed by atoms with Gasteiger partial charge in [0.25, 0.3) is 5.91 Å². The zero-order valence-electron chi connectivity index (χ0n) is 20.5. The molecule has 0 atom stereocenters. The summed E-state index contributed by atoms with van der Waals surface area (Å²) in [6.45, 7) is 2.40. The van der Waals surface area contributed by atoms with Crippen LogP contribution in [-0.2, 0) is 5.41 Å². The molecule has 0 N–H and O–H groups in total. The number of benzene rings is 2. The normalized spacial score (nSPS) is 29.1. The molecule has 4 saturated carbocycles. The molecule has 4 aliphatic carbocycles. The van der Waals surface area contributed by atoms with Crippen LogP contribution in [0.3, 0.4) is 0 Å². The summed E-state index contributed by atoms with van der Waals surface area (Å²) in [6, 6.07) is 14.7. The van der Waals surface area contributed by atoms with Gasteiger partial charge in [-0.2, -0.15) is 0 Å². The van der Waals surface area contributed by atoms with Crippen molar-refractivity contribution in [1.82, 2.24) is 19.9 Å². The molecule has 1 amide bonds. The first-order valence-electron chi connectivity index (χ1n) is 13.4. The first-order valence-corrected chi connectivity index (χ1v) is 13.4. The number of halogens is 1. The molecule has 1 saturated heterocycles. The van der Waals surface area contributed by atoms with Gasteiger partial charge in [-0.25, -0.2) is 9.07 Å². The van der Waals surface area contributed by atoms with Gasteiger partial charge in [-0.15, -0.1) is 5.10 Å². The van der Waals surface area contributed by atoms with E-state index in [0.29, 0.717) is 37.4 Å². The summed E-state index contributed by atoms with van der Waals surface area (Å²) >= 11 is 0. The van der Waals surface area contributed by atoms with E-state index in [2.05, 4.69) is 10.3 Å². The quantitative estimate of drug-likeness (QED) is 0.531. The van der Waals surface area contributed by atoms with Crippen LogP contribution in [0.25, 0.3) is 5.69 Å². The Morgan fingerprint density at radius 2 is 1.50 bits per heavy atom. The van der Waals surface area contributed by atoms with Crippen LogP contribution in [0, 0.1) is 23.6 Å². The molecule has 5 fully saturated rings. The van der Waals surface area contributed by atoms with Crippen molar-refractivity contribution in [2.45, 2.75) is 43.9 Å². The van der Waals surface area contributed by atoms with Crippen LogP contribution >= 0.6 is 0 Å². The second-order valence-corrected chi connectivity index (χ2v) is 11.5. The van der Waals surface area contributed by atoms with Gasteiger partial charge in [0, 0.05) is 37.2 Å². The van der Waals surface area contributed by atoms with Crippen molar-refractivity contribution in [3.8, 4) is 5.69 Å². The zero-order valence-corrected chi connectivity index (χ0v) is 20.5. The number of amides is 1. The van der Waals surface area contributed by atoms with Crippen LogP contribution in [0.15, 0.2) is 54.7 Å². The van der Waals surface area contributed by atoms with Crippen molar-refractivity contribution < 1.29 is 9.18 Å². The smallest absolute Gasteiger partial charge is 0.253 e. The Bertz CT molecular complexity index is 1240. The van der Waals surface area contributed by atoms with Gasteiger partial charge in [0.15, 0.2) is 0 Å². The molecular formula is C29H32FN5O. The molecular weight excluding hydrogens is 453 g/mol. The summed E-state index contributed by atoms with van der Waals surface area (Å²) < 4.78 is 16.2. The van der Waals surface area contributed by atoms with Crippen molar-refractivity contribution in [2.75, 3.05) is 31.1 Å². The summed E-state index contributed by atoms with van der Waals surface area (Å²) in [6.07, 6.45) is 10.0. The van der Waals surface area contributed by atoms with Crippen molar-refractivity contribution >= 4 is 11.6 Å². The summed E-state index contributed by atoms with van der Waals surface area (Å²) in [5, 5.41) is 8.82. The summed E-state index contributed by atoms with van der Waals surface area (Å²) in [4.78, 5) is 17.1. The molecule has 3 aromatic rings. The third kappa shape index (κ3) is 3.62. The Labute approximate surface area is 211 Å². The predicted molar refractivity (Wildman–Crippen MR) is 136 cm³/mol. The molecule has 8 rings (SSSR count). The molecule has 7 heteroatoms. The number of para-hydroxylation sites is 1. The van der Waals surface area contributed by atoms with Gasteiger partial charge in [-0.1, -0.05) is 17.3 Å². The molecule has 5 aliphatic rings. The molecule has 4 bridgehead atoms. The Kier molecular flexibility index (Phi) is 5.15.